The Hall–Kier alpha value is -1.91. The number of fused-ring (bicyclic) bond motifs is 1. The molecule has 2 aromatic carbocycles. The van der Waals surface area contributed by atoms with Gasteiger partial charge in [-0.3, -0.25) is 0 Å². The quantitative estimate of drug-likeness (QED) is 0.946. The highest BCUT2D eigenvalue weighted by Gasteiger charge is 2.23. The summed E-state index contributed by atoms with van der Waals surface area (Å²) in [6.45, 7) is 1.07. The Kier molecular flexibility index (Phi) is 3.90. The highest BCUT2D eigenvalue weighted by atomic mass is 35.5. The van der Waals surface area contributed by atoms with E-state index in [0.717, 1.165) is 16.9 Å². The Bertz CT molecular complexity index is 660. The molecule has 1 unspecified atom stereocenters. The Morgan fingerprint density at radius 2 is 1.95 bits per heavy atom. The molecule has 0 aliphatic carbocycles. The molecule has 0 saturated heterocycles. The van der Waals surface area contributed by atoms with Crippen LogP contribution in [0.2, 0.25) is 5.02 Å². The Labute approximate surface area is 128 Å². The maximum absolute atomic E-state index is 6.41. The lowest BCUT2D eigenvalue weighted by Gasteiger charge is -2.24. The third kappa shape index (κ3) is 2.64. The molecule has 0 aromatic heterocycles. The largest absolute Gasteiger partial charge is 0.496 e. The lowest BCUT2D eigenvalue weighted by Crippen LogP contribution is -2.20. The number of hydrogen-bond acceptors (Lipinski definition) is 4. The van der Waals surface area contributed by atoms with E-state index in [1.165, 1.54) is 0 Å². The summed E-state index contributed by atoms with van der Waals surface area (Å²) in [6, 6.07) is 10.7. The van der Waals surface area contributed by atoms with Crippen molar-refractivity contribution in [3.63, 3.8) is 0 Å². The monoisotopic (exact) mass is 305 g/mol. The Morgan fingerprint density at radius 1 is 1.14 bits per heavy atom. The van der Waals surface area contributed by atoms with Crippen LogP contribution in [0.25, 0.3) is 0 Å². The number of hydrogen-bond donors (Lipinski definition) is 1. The maximum atomic E-state index is 6.41. The molecule has 0 saturated carbocycles. The van der Waals surface area contributed by atoms with Crippen molar-refractivity contribution in [2.24, 2.45) is 5.73 Å². The molecule has 5 heteroatoms. The first-order chi connectivity index (χ1) is 10.2. The second-order valence-electron chi connectivity index (χ2n) is 4.74. The molecule has 0 bridgehead atoms. The van der Waals surface area contributed by atoms with Gasteiger partial charge in [0, 0.05) is 16.1 Å². The summed E-state index contributed by atoms with van der Waals surface area (Å²) in [7, 11) is 1.61. The molecule has 1 heterocycles. The summed E-state index contributed by atoms with van der Waals surface area (Å²) in [5.74, 6) is 2.11. The van der Waals surface area contributed by atoms with Gasteiger partial charge in [0.25, 0.3) is 0 Å². The van der Waals surface area contributed by atoms with Crippen LogP contribution >= 0.6 is 11.6 Å². The van der Waals surface area contributed by atoms with E-state index in [1.807, 2.05) is 30.3 Å². The van der Waals surface area contributed by atoms with Gasteiger partial charge >= 0.3 is 0 Å². The van der Waals surface area contributed by atoms with E-state index in [1.54, 1.807) is 13.2 Å². The van der Waals surface area contributed by atoms with E-state index in [2.05, 4.69) is 0 Å². The summed E-state index contributed by atoms with van der Waals surface area (Å²) < 4.78 is 16.7. The van der Waals surface area contributed by atoms with Crippen LogP contribution in [0.5, 0.6) is 17.2 Å². The summed E-state index contributed by atoms with van der Waals surface area (Å²) in [4.78, 5) is 0. The predicted octanol–water partition coefficient (Wildman–Crippen LogP) is 3.17. The van der Waals surface area contributed by atoms with Crippen molar-refractivity contribution in [2.45, 2.75) is 6.04 Å². The van der Waals surface area contributed by atoms with E-state index in [-0.39, 0.29) is 0 Å². The van der Waals surface area contributed by atoms with Crippen LogP contribution in [0, 0.1) is 0 Å². The standard InChI is InChI=1S/C16H16ClNO3/c1-19-13-6-5-10(17)9-12(13)15(18)11-3-2-4-14-16(11)21-8-7-20-14/h2-6,9,15H,7-8,18H2,1H3. The molecule has 0 fully saturated rings. The SMILES string of the molecule is COc1ccc(Cl)cc1C(N)c1cccc2c1OCCO2. The lowest BCUT2D eigenvalue weighted by atomic mass is 9.97. The normalized spacial score (nSPS) is 14.6. The molecule has 1 atom stereocenters. The molecule has 21 heavy (non-hydrogen) atoms. The molecule has 110 valence electrons. The fraction of sp³-hybridized carbons (Fsp3) is 0.250. The van der Waals surface area contributed by atoms with Crippen molar-refractivity contribution < 1.29 is 14.2 Å². The number of rotatable bonds is 3. The van der Waals surface area contributed by atoms with Crippen LogP contribution < -0.4 is 19.9 Å². The maximum Gasteiger partial charge on any atom is 0.166 e. The number of halogens is 1. The van der Waals surface area contributed by atoms with Crippen LogP contribution in [0.1, 0.15) is 17.2 Å². The van der Waals surface area contributed by atoms with Gasteiger partial charge in [0.05, 0.1) is 13.2 Å². The summed E-state index contributed by atoms with van der Waals surface area (Å²) >= 11 is 6.08. The molecule has 1 aliphatic rings. The number of nitrogens with two attached hydrogens (primary N) is 1. The molecular weight excluding hydrogens is 290 g/mol. The van der Waals surface area contributed by atoms with Crippen molar-refractivity contribution in [3.8, 4) is 17.2 Å². The first-order valence-electron chi connectivity index (χ1n) is 6.68. The van der Waals surface area contributed by atoms with Crippen LogP contribution in [-0.4, -0.2) is 20.3 Å². The van der Waals surface area contributed by atoms with Crippen LogP contribution in [0.15, 0.2) is 36.4 Å². The van der Waals surface area contributed by atoms with Crippen LogP contribution in [-0.2, 0) is 0 Å². The molecule has 1 aliphatic heterocycles. The third-order valence-electron chi connectivity index (χ3n) is 3.46. The van der Waals surface area contributed by atoms with Gasteiger partial charge in [0.15, 0.2) is 11.5 Å². The first-order valence-corrected chi connectivity index (χ1v) is 7.06. The summed E-state index contributed by atoms with van der Waals surface area (Å²) in [5, 5.41) is 0.614. The molecule has 0 amide bonds. The van der Waals surface area contributed by atoms with E-state index in [9.17, 15) is 0 Å². The van der Waals surface area contributed by atoms with Gasteiger partial charge in [-0.2, -0.15) is 0 Å². The van der Waals surface area contributed by atoms with Crippen LogP contribution in [0.3, 0.4) is 0 Å². The van der Waals surface area contributed by atoms with Crippen molar-refractivity contribution in [1.29, 1.82) is 0 Å². The van der Waals surface area contributed by atoms with Crippen molar-refractivity contribution in [3.05, 3.63) is 52.5 Å². The Morgan fingerprint density at radius 3 is 2.76 bits per heavy atom. The average molecular weight is 306 g/mol. The predicted molar refractivity (Wildman–Crippen MR) is 81.5 cm³/mol. The minimum absolute atomic E-state index is 0.407. The van der Waals surface area contributed by atoms with Crippen molar-refractivity contribution >= 4 is 11.6 Å². The average Bonchev–Trinajstić information content (AvgIpc) is 2.53. The minimum Gasteiger partial charge on any atom is -0.496 e. The second kappa shape index (κ2) is 5.84. The van der Waals surface area contributed by atoms with E-state index in [0.29, 0.717) is 29.7 Å². The van der Waals surface area contributed by atoms with E-state index in [4.69, 9.17) is 31.5 Å². The molecule has 2 N–H and O–H groups in total. The molecular formula is C16H16ClNO3. The van der Waals surface area contributed by atoms with Gasteiger partial charge in [-0.05, 0) is 24.3 Å². The van der Waals surface area contributed by atoms with E-state index >= 15 is 0 Å². The fourth-order valence-corrected chi connectivity index (χ4v) is 2.64. The lowest BCUT2D eigenvalue weighted by molar-refractivity contribution is 0.169. The van der Waals surface area contributed by atoms with E-state index < -0.39 is 6.04 Å². The zero-order chi connectivity index (χ0) is 14.8. The fourth-order valence-electron chi connectivity index (χ4n) is 2.46. The first kappa shape index (κ1) is 14.0. The van der Waals surface area contributed by atoms with Gasteiger partial charge in [-0.1, -0.05) is 23.7 Å². The van der Waals surface area contributed by atoms with Gasteiger partial charge in [-0.15, -0.1) is 0 Å². The molecule has 4 nitrogen and oxygen atoms in total. The zero-order valence-corrected chi connectivity index (χ0v) is 12.4. The van der Waals surface area contributed by atoms with Gasteiger partial charge < -0.3 is 19.9 Å². The molecule has 3 rings (SSSR count). The molecule has 0 radical (unpaired) electrons. The van der Waals surface area contributed by atoms with Crippen LogP contribution in [0.4, 0.5) is 0 Å². The second-order valence-corrected chi connectivity index (χ2v) is 5.17. The van der Waals surface area contributed by atoms with Gasteiger partial charge in [0.1, 0.15) is 19.0 Å². The number of ether oxygens (including phenoxy) is 3. The topological polar surface area (TPSA) is 53.7 Å². The van der Waals surface area contributed by atoms with Crippen molar-refractivity contribution in [2.75, 3.05) is 20.3 Å². The minimum atomic E-state index is -0.407. The third-order valence-corrected chi connectivity index (χ3v) is 3.69. The number of benzene rings is 2. The smallest absolute Gasteiger partial charge is 0.166 e. The molecule has 0 spiro atoms. The van der Waals surface area contributed by atoms with Gasteiger partial charge in [-0.25, -0.2) is 0 Å². The van der Waals surface area contributed by atoms with Crippen molar-refractivity contribution in [1.82, 2.24) is 0 Å². The Balaban J connectivity index is 2.07. The summed E-state index contributed by atoms with van der Waals surface area (Å²) in [6.07, 6.45) is 0. The molecule has 2 aromatic rings. The van der Waals surface area contributed by atoms with Gasteiger partial charge in [0.2, 0.25) is 0 Å². The number of methoxy groups -OCH3 is 1. The highest BCUT2D eigenvalue weighted by Crippen LogP contribution is 2.40. The zero-order valence-electron chi connectivity index (χ0n) is 11.6. The summed E-state index contributed by atoms with van der Waals surface area (Å²) in [5.41, 5.74) is 8.08. The highest BCUT2D eigenvalue weighted by molar-refractivity contribution is 6.30. The number of para-hydroxylation sites is 1.